The first kappa shape index (κ1) is 13.4. The van der Waals surface area contributed by atoms with Crippen molar-refractivity contribution in [3.63, 3.8) is 0 Å². The fraction of sp³-hybridized carbons (Fsp3) is 0.714. The molecule has 2 unspecified atom stereocenters. The lowest BCUT2D eigenvalue weighted by Gasteiger charge is -2.12. The van der Waals surface area contributed by atoms with Crippen LogP contribution in [0.25, 0.3) is 0 Å². The topological polar surface area (TPSA) is 12.0 Å². The zero-order valence-corrected chi connectivity index (χ0v) is 12.5. The molecule has 0 amide bonds. The Balaban J connectivity index is 1.72. The van der Waals surface area contributed by atoms with Crippen LogP contribution in [-0.2, 0) is 13.0 Å². The number of rotatable bonds is 6. The van der Waals surface area contributed by atoms with Gasteiger partial charge in [0.05, 0.1) is 0 Å². The highest BCUT2D eigenvalue weighted by Crippen LogP contribution is 2.30. The van der Waals surface area contributed by atoms with E-state index in [1.54, 1.807) is 0 Å². The van der Waals surface area contributed by atoms with E-state index in [1.165, 1.54) is 41.2 Å². The third kappa shape index (κ3) is 4.01. The lowest BCUT2D eigenvalue weighted by atomic mass is 10.2. The van der Waals surface area contributed by atoms with Gasteiger partial charge in [-0.2, -0.15) is 11.8 Å². The van der Waals surface area contributed by atoms with Crippen LogP contribution in [0.4, 0.5) is 0 Å². The average molecular weight is 269 g/mol. The Kier molecular flexibility index (Phi) is 5.39. The Bertz CT molecular complexity index is 335. The van der Waals surface area contributed by atoms with Crippen LogP contribution in [0.1, 0.15) is 42.9 Å². The minimum Gasteiger partial charge on any atom is -0.309 e. The molecule has 1 saturated carbocycles. The summed E-state index contributed by atoms with van der Waals surface area (Å²) in [7, 11) is 0. The molecule has 1 N–H and O–H groups in total. The standard InChI is InChI=1S/C14H23NS2/c1-3-12-7-8-14(17-12)10-15-11-5-6-13(9-11)16-4-2/h7-8,11,13,15H,3-6,9-10H2,1-2H3. The van der Waals surface area contributed by atoms with Gasteiger partial charge in [-0.25, -0.2) is 0 Å². The van der Waals surface area contributed by atoms with E-state index in [0.717, 1.165) is 17.8 Å². The van der Waals surface area contributed by atoms with Gasteiger partial charge in [0.25, 0.3) is 0 Å². The van der Waals surface area contributed by atoms with Crippen molar-refractivity contribution in [1.82, 2.24) is 5.32 Å². The van der Waals surface area contributed by atoms with Crippen molar-refractivity contribution in [3.8, 4) is 0 Å². The lowest BCUT2D eigenvalue weighted by molar-refractivity contribution is 0.528. The number of thioether (sulfide) groups is 1. The van der Waals surface area contributed by atoms with Crippen LogP contribution in [0, 0.1) is 0 Å². The molecule has 3 heteroatoms. The Labute approximate surface area is 113 Å². The molecule has 0 spiro atoms. The van der Waals surface area contributed by atoms with Crippen LogP contribution in [0.3, 0.4) is 0 Å². The normalized spacial score (nSPS) is 24.4. The molecule has 0 radical (unpaired) electrons. The molecule has 1 nitrogen and oxygen atoms in total. The van der Waals surface area contributed by atoms with Crippen molar-refractivity contribution in [2.45, 2.75) is 57.4 Å². The molecular weight excluding hydrogens is 246 g/mol. The third-order valence-corrected chi connectivity index (χ3v) is 5.88. The van der Waals surface area contributed by atoms with Crippen molar-refractivity contribution in [1.29, 1.82) is 0 Å². The quantitative estimate of drug-likeness (QED) is 0.835. The van der Waals surface area contributed by atoms with Gasteiger partial charge in [0.1, 0.15) is 0 Å². The van der Waals surface area contributed by atoms with Gasteiger partial charge in [-0.15, -0.1) is 11.3 Å². The number of hydrogen-bond acceptors (Lipinski definition) is 3. The van der Waals surface area contributed by atoms with Gasteiger partial charge >= 0.3 is 0 Å². The molecule has 0 bridgehead atoms. The molecule has 1 aliphatic rings. The number of aryl methyl sites for hydroxylation is 1. The second kappa shape index (κ2) is 6.81. The summed E-state index contributed by atoms with van der Waals surface area (Å²) < 4.78 is 0. The van der Waals surface area contributed by atoms with E-state index in [0.29, 0.717) is 0 Å². The molecule has 1 aromatic rings. The predicted octanol–water partition coefficient (Wildman–Crippen LogP) is 4.07. The molecule has 1 aliphatic carbocycles. The summed E-state index contributed by atoms with van der Waals surface area (Å²) in [6.45, 7) is 5.56. The second-order valence-electron chi connectivity index (χ2n) is 4.69. The molecule has 0 aliphatic heterocycles. The summed E-state index contributed by atoms with van der Waals surface area (Å²) in [4.78, 5) is 3.00. The van der Waals surface area contributed by atoms with Gasteiger partial charge in [-0.05, 0) is 43.6 Å². The maximum Gasteiger partial charge on any atom is 0.0302 e. The predicted molar refractivity (Wildman–Crippen MR) is 80.1 cm³/mol. The molecule has 2 rings (SSSR count). The minimum absolute atomic E-state index is 0.756. The highest BCUT2D eigenvalue weighted by molar-refractivity contribution is 7.99. The van der Waals surface area contributed by atoms with E-state index < -0.39 is 0 Å². The fourth-order valence-electron chi connectivity index (χ4n) is 2.46. The maximum atomic E-state index is 3.72. The van der Waals surface area contributed by atoms with Gasteiger partial charge in [0.2, 0.25) is 0 Å². The molecule has 17 heavy (non-hydrogen) atoms. The molecule has 0 saturated heterocycles. The minimum atomic E-state index is 0.756. The summed E-state index contributed by atoms with van der Waals surface area (Å²) in [6, 6.07) is 5.31. The van der Waals surface area contributed by atoms with E-state index in [9.17, 15) is 0 Å². The summed E-state index contributed by atoms with van der Waals surface area (Å²) >= 11 is 4.09. The Morgan fingerprint density at radius 1 is 1.29 bits per heavy atom. The first-order valence-electron chi connectivity index (χ1n) is 6.74. The van der Waals surface area contributed by atoms with Crippen LogP contribution in [0.15, 0.2) is 12.1 Å². The van der Waals surface area contributed by atoms with Crippen LogP contribution in [0.5, 0.6) is 0 Å². The largest absolute Gasteiger partial charge is 0.309 e. The molecular formula is C14H23NS2. The summed E-state index contributed by atoms with van der Waals surface area (Å²) in [5, 5.41) is 4.63. The van der Waals surface area contributed by atoms with Crippen LogP contribution < -0.4 is 5.32 Å². The Hall–Kier alpha value is 0.01000. The lowest BCUT2D eigenvalue weighted by Crippen LogP contribution is -2.25. The highest BCUT2D eigenvalue weighted by atomic mass is 32.2. The maximum absolute atomic E-state index is 3.72. The van der Waals surface area contributed by atoms with E-state index in [-0.39, 0.29) is 0 Å². The molecule has 96 valence electrons. The van der Waals surface area contributed by atoms with Crippen molar-refractivity contribution in [2.24, 2.45) is 0 Å². The molecule has 1 heterocycles. The molecule has 1 aromatic heterocycles. The van der Waals surface area contributed by atoms with E-state index in [2.05, 4.69) is 43.1 Å². The van der Waals surface area contributed by atoms with Crippen molar-refractivity contribution in [2.75, 3.05) is 5.75 Å². The monoisotopic (exact) mass is 269 g/mol. The SMILES string of the molecule is CCSC1CCC(NCc2ccc(CC)s2)C1. The van der Waals surface area contributed by atoms with E-state index >= 15 is 0 Å². The summed E-state index contributed by atoms with van der Waals surface area (Å²) in [5.41, 5.74) is 0. The zero-order valence-electron chi connectivity index (χ0n) is 10.9. The van der Waals surface area contributed by atoms with Crippen LogP contribution in [-0.4, -0.2) is 17.0 Å². The van der Waals surface area contributed by atoms with E-state index in [4.69, 9.17) is 0 Å². The number of nitrogens with one attached hydrogen (secondary N) is 1. The highest BCUT2D eigenvalue weighted by Gasteiger charge is 2.23. The van der Waals surface area contributed by atoms with Gasteiger partial charge in [-0.1, -0.05) is 13.8 Å². The zero-order chi connectivity index (χ0) is 12.1. The molecule has 0 aromatic carbocycles. The van der Waals surface area contributed by atoms with Crippen LogP contribution >= 0.6 is 23.1 Å². The fourth-order valence-corrected chi connectivity index (χ4v) is 4.52. The van der Waals surface area contributed by atoms with Gasteiger partial charge in [-0.3, -0.25) is 0 Å². The first-order valence-corrected chi connectivity index (χ1v) is 8.61. The Morgan fingerprint density at radius 3 is 2.82 bits per heavy atom. The van der Waals surface area contributed by atoms with Crippen molar-refractivity contribution in [3.05, 3.63) is 21.9 Å². The summed E-state index contributed by atoms with van der Waals surface area (Å²) in [6.07, 6.45) is 5.30. The second-order valence-corrected chi connectivity index (χ2v) is 7.52. The van der Waals surface area contributed by atoms with Gasteiger partial charge in [0.15, 0.2) is 0 Å². The number of hydrogen-bond donors (Lipinski definition) is 1. The van der Waals surface area contributed by atoms with Crippen LogP contribution in [0.2, 0.25) is 0 Å². The summed E-state index contributed by atoms with van der Waals surface area (Å²) in [5.74, 6) is 1.27. The molecule has 2 atom stereocenters. The Morgan fingerprint density at radius 2 is 2.12 bits per heavy atom. The van der Waals surface area contributed by atoms with Crippen molar-refractivity contribution >= 4 is 23.1 Å². The molecule has 1 fully saturated rings. The van der Waals surface area contributed by atoms with Gasteiger partial charge in [0, 0.05) is 27.6 Å². The van der Waals surface area contributed by atoms with E-state index in [1.807, 2.05) is 11.3 Å². The average Bonchev–Trinajstić information content (AvgIpc) is 2.95. The first-order chi connectivity index (χ1) is 8.31. The third-order valence-electron chi connectivity index (χ3n) is 3.42. The smallest absolute Gasteiger partial charge is 0.0302 e. The van der Waals surface area contributed by atoms with Gasteiger partial charge < -0.3 is 5.32 Å². The number of thiophene rings is 1. The van der Waals surface area contributed by atoms with Crippen molar-refractivity contribution < 1.29 is 0 Å².